The average molecular weight is 405 g/mol. The summed E-state index contributed by atoms with van der Waals surface area (Å²) >= 11 is 0. The van der Waals surface area contributed by atoms with Gasteiger partial charge >= 0.3 is 0 Å². The third kappa shape index (κ3) is 5.25. The first kappa shape index (κ1) is 21.8. The number of anilines is 1. The van der Waals surface area contributed by atoms with Gasteiger partial charge in [0.15, 0.2) is 0 Å². The second-order valence-corrected chi connectivity index (χ2v) is 8.62. The number of methoxy groups -OCH3 is 1. The lowest BCUT2D eigenvalue weighted by Gasteiger charge is -2.26. The Balaban J connectivity index is 2.44. The zero-order valence-electron chi connectivity index (χ0n) is 16.8. The van der Waals surface area contributed by atoms with Crippen molar-refractivity contribution in [1.29, 1.82) is 0 Å². The van der Waals surface area contributed by atoms with Gasteiger partial charge in [0.05, 0.1) is 17.7 Å². The van der Waals surface area contributed by atoms with E-state index in [4.69, 9.17) is 4.74 Å². The minimum Gasteiger partial charge on any atom is -0.495 e. The van der Waals surface area contributed by atoms with Crippen LogP contribution < -0.4 is 14.4 Å². The maximum atomic E-state index is 13.3. The van der Waals surface area contributed by atoms with Gasteiger partial charge in [0, 0.05) is 6.04 Å². The number of aryl methyl sites for hydroxylation is 1. The van der Waals surface area contributed by atoms with Gasteiger partial charge in [-0.1, -0.05) is 43.2 Å². The van der Waals surface area contributed by atoms with Crippen molar-refractivity contribution in [2.24, 2.45) is 0 Å². The molecule has 28 heavy (non-hydrogen) atoms. The molecule has 2 rings (SSSR count). The number of sulfonamides is 1. The molecule has 0 saturated heterocycles. The van der Waals surface area contributed by atoms with Crippen molar-refractivity contribution in [3.05, 3.63) is 54.1 Å². The summed E-state index contributed by atoms with van der Waals surface area (Å²) in [6.07, 6.45) is 1.75. The van der Waals surface area contributed by atoms with Crippen molar-refractivity contribution in [2.75, 3.05) is 18.0 Å². The van der Waals surface area contributed by atoms with Gasteiger partial charge in [-0.05, 0) is 44.5 Å². The Morgan fingerprint density at radius 3 is 2.39 bits per heavy atom. The summed E-state index contributed by atoms with van der Waals surface area (Å²) in [5, 5.41) is 2.87. The Labute approximate surface area is 167 Å². The van der Waals surface area contributed by atoms with E-state index in [1.807, 2.05) is 20.8 Å². The Morgan fingerprint density at radius 2 is 1.79 bits per heavy atom. The van der Waals surface area contributed by atoms with Gasteiger partial charge in [-0.15, -0.1) is 0 Å². The van der Waals surface area contributed by atoms with Crippen LogP contribution in [0, 0.1) is 6.92 Å². The van der Waals surface area contributed by atoms with Crippen molar-refractivity contribution >= 4 is 21.6 Å². The molecule has 0 aromatic heterocycles. The molecule has 0 aliphatic heterocycles. The summed E-state index contributed by atoms with van der Waals surface area (Å²) in [6, 6.07) is 13.3. The molecule has 1 atom stereocenters. The number of carbonyl (C=O) groups is 1. The van der Waals surface area contributed by atoms with Crippen molar-refractivity contribution in [3.8, 4) is 5.75 Å². The predicted octanol–water partition coefficient (Wildman–Crippen LogP) is 3.50. The molecule has 0 saturated carbocycles. The number of hydrogen-bond donors (Lipinski definition) is 1. The van der Waals surface area contributed by atoms with E-state index in [2.05, 4.69) is 5.32 Å². The molecule has 0 aliphatic rings. The molecule has 0 unspecified atom stereocenters. The first-order valence-electron chi connectivity index (χ1n) is 9.31. The van der Waals surface area contributed by atoms with Crippen LogP contribution in [0.3, 0.4) is 0 Å². The third-order valence-corrected chi connectivity index (χ3v) is 6.15. The Bertz CT molecular complexity index is 895. The quantitative estimate of drug-likeness (QED) is 0.694. The highest BCUT2D eigenvalue weighted by Crippen LogP contribution is 2.32. The zero-order chi connectivity index (χ0) is 20.7. The van der Waals surface area contributed by atoms with Crippen LogP contribution >= 0.6 is 0 Å². The summed E-state index contributed by atoms with van der Waals surface area (Å²) in [4.78, 5) is 12.7. The molecule has 0 fully saturated rings. The lowest BCUT2D eigenvalue weighted by atomic mass is 10.2. The molecule has 7 heteroatoms. The topological polar surface area (TPSA) is 75.7 Å². The van der Waals surface area contributed by atoms with Crippen LogP contribution in [0.5, 0.6) is 5.75 Å². The van der Waals surface area contributed by atoms with Crippen LogP contribution in [0.2, 0.25) is 0 Å². The summed E-state index contributed by atoms with van der Waals surface area (Å²) in [6.45, 7) is 5.50. The molecule has 6 nitrogen and oxygen atoms in total. The van der Waals surface area contributed by atoms with E-state index in [0.29, 0.717) is 11.4 Å². The van der Waals surface area contributed by atoms with Gasteiger partial charge in [0.25, 0.3) is 10.0 Å². The Kier molecular flexibility index (Phi) is 7.45. The number of amides is 1. The fourth-order valence-corrected chi connectivity index (χ4v) is 4.36. The SMILES string of the molecule is CCC[C@H](C)NC(=O)CN(c1ccccc1OC)S(=O)(=O)c1ccc(C)cc1. The first-order chi connectivity index (χ1) is 13.3. The van der Waals surface area contributed by atoms with E-state index >= 15 is 0 Å². The summed E-state index contributed by atoms with van der Waals surface area (Å²) in [5.41, 5.74) is 1.28. The summed E-state index contributed by atoms with van der Waals surface area (Å²) in [7, 11) is -2.48. The fraction of sp³-hybridized carbons (Fsp3) is 0.381. The van der Waals surface area contributed by atoms with E-state index in [9.17, 15) is 13.2 Å². The number of nitrogens with one attached hydrogen (secondary N) is 1. The molecule has 0 bridgehead atoms. The molecule has 1 N–H and O–H groups in total. The second-order valence-electron chi connectivity index (χ2n) is 6.75. The molecular weight excluding hydrogens is 376 g/mol. The van der Waals surface area contributed by atoms with E-state index in [-0.39, 0.29) is 23.4 Å². The van der Waals surface area contributed by atoms with Crippen molar-refractivity contribution in [2.45, 2.75) is 44.6 Å². The highest BCUT2D eigenvalue weighted by atomic mass is 32.2. The van der Waals surface area contributed by atoms with E-state index in [0.717, 1.165) is 22.7 Å². The lowest BCUT2D eigenvalue weighted by molar-refractivity contribution is -0.120. The van der Waals surface area contributed by atoms with Gasteiger partial charge in [-0.25, -0.2) is 8.42 Å². The summed E-state index contributed by atoms with van der Waals surface area (Å²) < 4.78 is 33.1. The molecular formula is C21H28N2O4S. The van der Waals surface area contributed by atoms with Gasteiger partial charge < -0.3 is 10.1 Å². The van der Waals surface area contributed by atoms with Gasteiger partial charge in [0.1, 0.15) is 12.3 Å². The highest BCUT2D eigenvalue weighted by molar-refractivity contribution is 7.92. The minimum atomic E-state index is -3.95. The fourth-order valence-electron chi connectivity index (χ4n) is 2.93. The van der Waals surface area contributed by atoms with Gasteiger partial charge in [-0.2, -0.15) is 0 Å². The minimum absolute atomic E-state index is 0.0286. The van der Waals surface area contributed by atoms with Crippen LogP contribution in [0.25, 0.3) is 0 Å². The van der Waals surface area contributed by atoms with Gasteiger partial charge in [0.2, 0.25) is 5.91 Å². The van der Waals surface area contributed by atoms with Crippen molar-refractivity contribution in [3.63, 3.8) is 0 Å². The molecule has 0 aliphatic carbocycles. The van der Waals surface area contributed by atoms with Crippen LogP contribution in [0.15, 0.2) is 53.4 Å². The monoisotopic (exact) mass is 404 g/mol. The number of ether oxygens (including phenoxy) is 1. The van der Waals surface area contributed by atoms with Crippen LogP contribution in [-0.2, 0) is 14.8 Å². The predicted molar refractivity (Wildman–Crippen MR) is 111 cm³/mol. The van der Waals surface area contributed by atoms with Crippen molar-refractivity contribution < 1.29 is 17.9 Å². The van der Waals surface area contributed by atoms with Crippen LogP contribution in [0.4, 0.5) is 5.69 Å². The second kappa shape index (κ2) is 9.59. The zero-order valence-corrected chi connectivity index (χ0v) is 17.6. The number of hydrogen-bond acceptors (Lipinski definition) is 4. The molecule has 152 valence electrons. The normalized spacial score (nSPS) is 12.3. The number of para-hydroxylation sites is 2. The van der Waals surface area contributed by atoms with E-state index < -0.39 is 10.0 Å². The van der Waals surface area contributed by atoms with Crippen LogP contribution in [-0.4, -0.2) is 34.0 Å². The lowest BCUT2D eigenvalue weighted by Crippen LogP contribution is -2.43. The molecule has 0 heterocycles. The smallest absolute Gasteiger partial charge is 0.264 e. The molecule has 0 spiro atoms. The Morgan fingerprint density at radius 1 is 1.14 bits per heavy atom. The average Bonchev–Trinajstić information content (AvgIpc) is 2.66. The molecule has 2 aromatic carbocycles. The molecule has 2 aromatic rings. The van der Waals surface area contributed by atoms with E-state index in [1.54, 1.807) is 48.5 Å². The first-order valence-corrected chi connectivity index (χ1v) is 10.8. The van der Waals surface area contributed by atoms with Gasteiger partial charge in [-0.3, -0.25) is 9.10 Å². The van der Waals surface area contributed by atoms with E-state index in [1.165, 1.54) is 7.11 Å². The number of benzene rings is 2. The standard InChI is InChI=1S/C21H28N2O4S/c1-5-8-17(3)22-21(24)15-23(19-9-6-7-10-20(19)27-4)28(25,26)18-13-11-16(2)12-14-18/h6-7,9-14,17H,5,8,15H2,1-4H3,(H,22,24)/t17-/m0/s1. The molecule has 0 radical (unpaired) electrons. The summed E-state index contributed by atoms with van der Waals surface area (Å²) in [5.74, 6) is 0.0233. The highest BCUT2D eigenvalue weighted by Gasteiger charge is 2.29. The molecule has 1 amide bonds. The number of rotatable bonds is 9. The number of carbonyl (C=O) groups excluding carboxylic acids is 1. The Hall–Kier alpha value is -2.54. The number of nitrogens with zero attached hydrogens (tertiary/aromatic N) is 1. The third-order valence-electron chi connectivity index (χ3n) is 4.38. The largest absolute Gasteiger partial charge is 0.495 e. The van der Waals surface area contributed by atoms with Crippen LogP contribution in [0.1, 0.15) is 32.3 Å². The maximum absolute atomic E-state index is 13.3. The maximum Gasteiger partial charge on any atom is 0.264 e. The van der Waals surface area contributed by atoms with Crippen molar-refractivity contribution in [1.82, 2.24) is 5.32 Å².